The molecule has 1 fully saturated rings. The maximum absolute atomic E-state index is 5.29. The van der Waals surface area contributed by atoms with Crippen LogP contribution in [0.15, 0.2) is 18.5 Å². The summed E-state index contributed by atoms with van der Waals surface area (Å²) in [4.78, 5) is 4.12. The molecule has 0 atom stereocenters. The summed E-state index contributed by atoms with van der Waals surface area (Å²) < 4.78 is 0. The molecule has 1 heterocycles. The van der Waals surface area contributed by atoms with Gasteiger partial charge in [-0.1, -0.05) is 12.8 Å². The third kappa shape index (κ3) is 3.66. The van der Waals surface area contributed by atoms with Gasteiger partial charge in [0, 0.05) is 25.0 Å². The Hall–Kier alpha value is -1.16. The van der Waals surface area contributed by atoms with E-state index in [1.165, 1.54) is 36.8 Å². The molecule has 2 N–H and O–H groups in total. The number of hydrogen-bond donors (Lipinski definition) is 2. The van der Waals surface area contributed by atoms with Crippen molar-refractivity contribution in [2.24, 2.45) is 0 Å². The van der Waals surface area contributed by atoms with Gasteiger partial charge in [0.2, 0.25) is 0 Å². The van der Waals surface area contributed by atoms with Crippen molar-refractivity contribution < 1.29 is 0 Å². The van der Waals surface area contributed by atoms with Crippen molar-refractivity contribution in [3.63, 3.8) is 0 Å². The molecule has 1 aliphatic carbocycles. The van der Waals surface area contributed by atoms with E-state index in [2.05, 4.69) is 22.5 Å². The van der Waals surface area contributed by atoms with Crippen LogP contribution in [-0.4, -0.2) is 16.1 Å². The Morgan fingerprint density at radius 3 is 2.94 bits per heavy atom. The molecule has 4 heteroatoms. The van der Waals surface area contributed by atoms with E-state index in [1.807, 2.05) is 18.5 Å². The van der Waals surface area contributed by atoms with Crippen molar-refractivity contribution in [3.8, 4) is 0 Å². The normalized spacial score (nSPS) is 15.8. The predicted octanol–water partition coefficient (Wildman–Crippen LogP) is 2.30. The van der Waals surface area contributed by atoms with Crippen molar-refractivity contribution in [1.82, 2.24) is 15.6 Å². The summed E-state index contributed by atoms with van der Waals surface area (Å²) in [6.45, 7) is 2.84. The first-order chi connectivity index (χ1) is 8.25. The second kappa shape index (κ2) is 5.96. The minimum absolute atomic E-state index is 0.574. The second-order valence-corrected chi connectivity index (χ2v) is 5.02. The number of hydrogen-bond acceptors (Lipinski definition) is 2. The molecule has 0 amide bonds. The van der Waals surface area contributed by atoms with E-state index in [1.54, 1.807) is 0 Å². The highest BCUT2D eigenvalue weighted by atomic mass is 32.1. The molecule has 0 radical (unpaired) electrons. The zero-order valence-corrected chi connectivity index (χ0v) is 11.0. The molecule has 1 aromatic heterocycles. The quantitative estimate of drug-likeness (QED) is 0.806. The fourth-order valence-corrected chi connectivity index (χ4v) is 2.40. The van der Waals surface area contributed by atoms with Gasteiger partial charge in [-0.05, 0) is 49.2 Å². The van der Waals surface area contributed by atoms with Crippen molar-refractivity contribution in [2.75, 3.05) is 0 Å². The number of aromatic nitrogens is 1. The van der Waals surface area contributed by atoms with Gasteiger partial charge < -0.3 is 10.6 Å². The van der Waals surface area contributed by atoms with E-state index in [9.17, 15) is 0 Å². The fourth-order valence-electron chi connectivity index (χ4n) is 2.16. The van der Waals surface area contributed by atoms with E-state index in [-0.39, 0.29) is 0 Å². The van der Waals surface area contributed by atoms with Gasteiger partial charge in [-0.15, -0.1) is 0 Å². The Bertz CT molecular complexity index is 386. The first-order valence-electron chi connectivity index (χ1n) is 6.19. The molecular weight excluding hydrogens is 230 g/mol. The van der Waals surface area contributed by atoms with Gasteiger partial charge in [0.05, 0.1) is 0 Å². The summed E-state index contributed by atoms with van der Waals surface area (Å²) in [7, 11) is 0. The van der Waals surface area contributed by atoms with Crippen LogP contribution < -0.4 is 10.6 Å². The zero-order valence-electron chi connectivity index (χ0n) is 10.2. The highest BCUT2D eigenvalue weighted by molar-refractivity contribution is 7.80. The van der Waals surface area contributed by atoms with Gasteiger partial charge in [-0.25, -0.2) is 0 Å². The maximum Gasteiger partial charge on any atom is 0.166 e. The first kappa shape index (κ1) is 12.3. The van der Waals surface area contributed by atoms with Crippen molar-refractivity contribution in [1.29, 1.82) is 0 Å². The molecule has 2 rings (SSSR count). The third-order valence-corrected chi connectivity index (χ3v) is 3.54. The highest BCUT2D eigenvalue weighted by Crippen LogP contribution is 2.17. The maximum atomic E-state index is 5.29. The van der Waals surface area contributed by atoms with Gasteiger partial charge in [-0.2, -0.15) is 0 Å². The summed E-state index contributed by atoms with van der Waals surface area (Å²) >= 11 is 5.29. The lowest BCUT2D eigenvalue weighted by atomic mass is 10.2. The molecule has 92 valence electrons. The minimum atomic E-state index is 0.574. The molecule has 1 aliphatic rings. The molecule has 0 saturated heterocycles. The van der Waals surface area contributed by atoms with Crippen LogP contribution >= 0.6 is 12.2 Å². The number of rotatable bonds is 3. The smallest absolute Gasteiger partial charge is 0.166 e. The largest absolute Gasteiger partial charge is 0.360 e. The molecule has 0 bridgehead atoms. The average molecular weight is 249 g/mol. The summed E-state index contributed by atoms with van der Waals surface area (Å²) in [5.41, 5.74) is 2.44. The Kier molecular flexibility index (Phi) is 4.31. The van der Waals surface area contributed by atoms with E-state index >= 15 is 0 Å². The average Bonchev–Trinajstić information content (AvgIpc) is 2.81. The van der Waals surface area contributed by atoms with Crippen LogP contribution in [0.3, 0.4) is 0 Å². The summed E-state index contributed by atoms with van der Waals surface area (Å²) in [5.74, 6) is 0. The highest BCUT2D eigenvalue weighted by Gasteiger charge is 2.15. The lowest BCUT2D eigenvalue weighted by Crippen LogP contribution is -2.40. The number of thiocarbonyl (C=S) groups is 1. The standard InChI is InChI=1S/C13H19N3S/c1-10-6-7-14-8-11(10)9-15-13(17)16-12-4-2-3-5-12/h6-8,12H,2-5,9H2,1H3,(H2,15,16,17). The van der Waals surface area contributed by atoms with Crippen LogP contribution in [0.4, 0.5) is 0 Å². The molecule has 1 aromatic rings. The van der Waals surface area contributed by atoms with E-state index < -0.39 is 0 Å². The Morgan fingerprint density at radius 2 is 2.24 bits per heavy atom. The number of pyridine rings is 1. The molecule has 0 aromatic carbocycles. The van der Waals surface area contributed by atoms with Crippen LogP contribution in [0.5, 0.6) is 0 Å². The minimum Gasteiger partial charge on any atom is -0.360 e. The van der Waals surface area contributed by atoms with Crippen LogP contribution in [0, 0.1) is 6.92 Å². The summed E-state index contributed by atoms with van der Waals surface area (Å²) in [5, 5.41) is 7.38. The van der Waals surface area contributed by atoms with Crippen LogP contribution in [-0.2, 0) is 6.54 Å². The topological polar surface area (TPSA) is 37.0 Å². The van der Waals surface area contributed by atoms with Gasteiger partial charge in [0.1, 0.15) is 0 Å². The van der Waals surface area contributed by atoms with Gasteiger partial charge in [-0.3, -0.25) is 4.98 Å². The predicted molar refractivity (Wildman–Crippen MR) is 73.8 cm³/mol. The number of aryl methyl sites for hydroxylation is 1. The van der Waals surface area contributed by atoms with Gasteiger partial charge >= 0.3 is 0 Å². The van der Waals surface area contributed by atoms with Gasteiger partial charge in [0.15, 0.2) is 5.11 Å². The first-order valence-corrected chi connectivity index (χ1v) is 6.60. The summed E-state index contributed by atoms with van der Waals surface area (Å²) in [6.07, 6.45) is 8.83. The lowest BCUT2D eigenvalue weighted by Gasteiger charge is -2.16. The monoisotopic (exact) mass is 249 g/mol. The summed E-state index contributed by atoms with van der Waals surface area (Å²) in [6, 6.07) is 2.59. The van der Waals surface area contributed by atoms with Crippen molar-refractivity contribution in [2.45, 2.75) is 45.2 Å². The number of nitrogens with zero attached hydrogens (tertiary/aromatic N) is 1. The SMILES string of the molecule is Cc1ccncc1CNC(=S)NC1CCCC1. The van der Waals surface area contributed by atoms with Crippen molar-refractivity contribution >= 4 is 17.3 Å². The van der Waals surface area contributed by atoms with Gasteiger partial charge in [0.25, 0.3) is 0 Å². The Morgan fingerprint density at radius 1 is 1.47 bits per heavy atom. The molecule has 3 nitrogen and oxygen atoms in total. The molecule has 17 heavy (non-hydrogen) atoms. The fraction of sp³-hybridized carbons (Fsp3) is 0.538. The third-order valence-electron chi connectivity index (χ3n) is 3.28. The van der Waals surface area contributed by atoms with E-state index in [4.69, 9.17) is 12.2 Å². The molecular formula is C13H19N3S. The Labute approximate surface area is 108 Å². The van der Waals surface area contributed by atoms with E-state index in [0.717, 1.165) is 11.7 Å². The molecule has 0 spiro atoms. The van der Waals surface area contributed by atoms with E-state index in [0.29, 0.717) is 6.04 Å². The zero-order chi connectivity index (χ0) is 12.1. The van der Waals surface area contributed by atoms with Crippen LogP contribution in [0.2, 0.25) is 0 Å². The molecule has 1 saturated carbocycles. The molecule has 0 unspecified atom stereocenters. The lowest BCUT2D eigenvalue weighted by molar-refractivity contribution is 0.621. The number of nitrogens with one attached hydrogen (secondary N) is 2. The Balaban J connectivity index is 1.77. The van der Waals surface area contributed by atoms with Crippen LogP contribution in [0.25, 0.3) is 0 Å². The van der Waals surface area contributed by atoms with Crippen molar-refractivity contribution in [3.05, 3.63) is 29.6 Å². The molecule has 0 aliphatic heterocycles. The second-order valence-electron chi connectivity index (χ2n) is 4.61. The van der Waals surface area contributed by atoms with Crippen LogP contribution in [0.1, 0.15) is 36.8 Å².